The summed E-state index contributed by atoms with van der Waals surface area (Å²) in [7, 11) is 3.76. The van der Waals surface area contributed by atoms with Gasteiger partial charge in [-0.05, 0) is 49.2 Å². The Morgan fingerprint density at radius 1 is 1.10 bits per heavy atom. The largest absolute Gasteiger partial charge is 0.495 e. The second-order valence-electron chi connectivity index (χ2n) is 4.89. The highest BCUT2D eigenvalue weighted by molar-refractivity contribution is 5.70. The molecule has 2 aromatic rings. The van der Waals surface area contributed by atoms with Gasteiger partial charge in [0.1, 0.15) is 5.75 Å². The first kappa shape index (κ1) is 14.4. The quantitative estimate of drug-likeness (QED) is 0.906. The third-order valence-corrected chi connectivity index (χ3v) is 3.50. The lowest BCUT2D eigenvalue weighted by Gasteiger charge is -2.24. The van der Waals surface area contributed by atoms with Crippen molar-refractivity contribution in [3.05, 3.63) is 53.6 Å². The SMILES string of the molecule is COc1ccccc1N(C)c1ccc(CCN)cc1C. The van der Waals surface area contributed by atoms with Crippen molar-refractivity contribution in [1.82, 2.24) is 0 Å². The molecule has 2 aromatic carbocycles. The Morgan fingerprint density at radius 3 is 2.50 bits per heavy atom. The minimum Gasteiger partial charge on any atom is -0.495 e. The van der Waals surface area contributed by atoms with Crippen LogP contribution < -0.4 is 15.4 Å². The van der Waals surface area contributed by atoms with Crippen LogP contribution in [0.5, 0.6) is 5.75 Å². The summed E-state index contributed by atoms with van der Waals surface area (Å²) in [6.07, 6.45) is 0.916. The molecular formula is C17H22N2O. The number of methoxy groups -OCH3 is 1. The number of aryl methyl sites for hydroxylation is 1. The van der Waals surface area contributed by atoms with E-state index in [-0.39, 0.29) is 0 Å². The number of para-hydroxylation sites is 2. The number of nitrogens with zero attached hydrogens (tertiary/aromatic N) is 1. The van der Waals surface area contributed by atoms with Crippen molar-refractivity contribution in [3.63, 3.8) is 0 Å². The molecule has 3 nitrogen and oxygen atoms in total. The van der Waals surface area contributed by atoms with Gasteiger partial charge in [-0.2, -0.15) is 0 Å². The lowest BCUT2D eigenvalue weighted by Crippen LogP contribution is -2.12. The number of benzene rings is 2. The van der Waals surface area contributed by atoms with Crippen molar-refractivity contribution in [2.45, 2.75) is 13.3 Å². The molecule has 0 heterocycles. The molecule has 0 saturated heterocycles. The first-order valence-corrected chi connectivity index (χ1v) is 6.83. The van der Waals surface area contributed by atoms with E-state index in [9.17, 15) is 0 Å². The van der Waals surface area contributed by atoms with E-state index in [0.717, 1.165) is 17.9 Å². The van der Waals surface area contributed by atoms with E-state index in [2.05, 4.69) is 43.1 Å². The van der Waals surface area contributed by atoms with E-state index < -0.39 is 0 Å². The first-order valence-electron chi connectivity index (χ1n) is 6.83. The zero-order valence-electron chi connectivity index (χ0n) is 12.4. The molecule has 0 aliphatic carbocycles. The molecule has 0 bridgehead atoms. The van der Waals surface area contributed by atoms with E-state index in [0.29, 0.717) is 6.54 Å². The van der Waals surface area contributed by atoms with Gasteiger partial charge in [-0.25, -0.2) is 0 Å². The maximum Gasteiger partial charge on any atom is 0.142 e. The number of nitrogens with two attached hydrogens (primary N) is 1. The molecule has 3 heteroatoms. The molecule has 0 saturated carbocycles. The predicted molar refractivity (Wildman–Crippen MR) is 85.0 cm³/mol. The van der Waals surface area contributed by atoms with Crippen molar-refractivity contribution < 1.29 is 4.74 Å². The zero-order valence-corrected chi connectivity index (χ0v) is 12.4. The fraction of sp³-hybridized carbons (Fsp3) is 0.294. The van der Waals surface area contributed by atoms with Gasteiger partial charge in [0.25, 0.3) is 0 Å². The Bertz CT molecular complexity index is 581. The second kappa shape index (κ2) is 6.44. The number of hydrogen-bond donors (Lipinski definition) is 1. The minimum atomic E-state index is 0.682. The molecule has 0 atom stereocenters. The third kappa shape index (κ3) is 2.94. The van der Waals surface area contributed by atoms with E-state index in [1.165, 1.54) is 16.8 Å². The van der Waals surface area contributed by atoms with Crippen LogP contribution in [0.4, 0.5) is 11.4 Å². The van der Waals surface area contributed by atoms with Crippen molar-refractivity contribution in [2.24, 2.45) is 5.73 Å². The third-order valence-electron chi connectivity index (χ3n) is 3.50. The maximum atomic E-state index is 5.61. The highest BCUT2D eigenvalue weighted by atomic mass is 16.5. The Kier molecular flexibility index (Phi) is 4.64. The lowest BCUT2D eigenvalue weighted by molar-refractivity contribution is 0.415. The van der Waals surface area contributed by atoms with Crippen molar-refractivity contribution in [3.8, 4) is 5.75 Å². The molecule has 106 valence electrons. The van der Waals surface area contributed by atoms with Crippen LogP contribution in [0.25, 0.3) is 0 Å². The Morgan fingerprint density at radius 2 is 1.85 bits per heavy atom. The van der Waals surface area contributed by atoms with Gasteiger partial charge in [-0.15, -0.1) is 0 Å². The normalized spacial score (nSPS) is 10.4. The topological polar surface area (TPSA) is 38.5 Å². The van der Waals surface area contributed by atoms with Crippen LogP contribution in [0.15, 0.2) is 42.5 Å². The second-order valence-corrected chi connectivity index (χ2v) is 4.89. The lowest BCUT2D eigenvalue weighted by atomic mass is 10.1. The van der Waals surface area contributed by atoms with E-state index in [4.69, 9.17) is 10.5 Å². The molecule has 0 aromatic heterocycles. The fourth-order valence-electron chi connectivity index (χ4n) is 2.45. The molecule has 0 unspecified atom stereocenters. The van der Waals surface area contributed by atoms with E-state index in [1.807, 2.05) is 18.2 Å². The Labute approximate surface area is 121 Å². The average molecular weight is 270 g/mol. The van der Waals surface area contributed by atoms with Crippen LogP contribution in [0.3, 0.4) is 0 Å². The summed E-state index contributed by atoms with van der Waals surface area (Å²) in [5, 5.41) is 0. The molecule has 0 aliphatic rings. The molecular weight excluding hydrogens is 248 g/mol. The van der Waals surface area contributed by atoms with Crippen molar-refractivity contribution in [1.29, 1.82) is 0 Å². The molecule has 20 heavy (non-hydrogen) atoms. The summed E-state index contributed by atoms with van der Waals surface area (Å²) in [5.41, 5.74) is 10.4. The van der Waals surface area contributed by atoms with Gasteiger partial charge in [-0.3, -0.25) is 0 Å². The molecule has 0 radical (unpaired) electrons. The average Bonchev–Trinajstić information content (AvgIpc) is 2.47. The van der Waals surface area contributed by atoms with Crippen LogP contribution in [-0.4, -0.2) is 20.7 Å². The van der Waals surface area contributed by atoms with Gasteiger partial charge < -0.3 is 15.4 Å². The van der Waals surface area contributed by atoms with Gasteiger partial charge in [0.05, 0.1) is 12.8 Å². The summed E-state index contributed by atoms with van der Waals surface area (Å²) >= 11 is 0. The zero-order chi connectivity index (χ0) is 14.5. The molecule has 0 amide bonds. The van der Waals surface area contributed by atoms with Crippen LogP contribution in [0, 0.1) is 6.92 Å². The molecule has 0 aliphatic heterocycles. The van der Waals surface area contributed by atoms with Crippen LogP contribution >= 0.6 is 0 Å². The summed E-state index contributed by atoms with van der Waals surface area (Å²) in [5.74, 6) is 0.875. The van der Waals surface area contributed by atoms with E-state index in [1.54, 1.807) is 7.11 Å². The molecule has 0 spiro atoms. The highest BCUT2D eigenvalue weighted by Crippen LogP contribution is 2.33. The number of ether oxygens (including phenoxy) is 1. The number of hydrogen-bond acceptors (Lipinski definition) is 3. The monoisotopic (exact) mass is 270 g/mol. The van der Waals surface area contributed by atoms with Gasteiger partial charge in [-0.1, -0.05) is 24.3 Å². The summed E-state index contributed by atoms with van der Waals surface area (Å²) in [4.78, 5) is 2.15. The fourth-order valence-corrected chi connectivity index (χ4v) is 2.45. The Balaban J connectivity index is 2.35. The molecule has 2 rings (SSSR count). The van der Waals surface area contributed by atoms with Crippen LogP contribution in [-0.2, 0) is 6.42 Å². The number of anilines is 2. The standard InChI is InChI=1S/C17H22N2O/c1-13-12-14(10-11-18)8-9-15(13)19(2)16-6-4-5-7-17(16)20-3/h4-9,12H,10-11,18H2,1-3H3. The van der Waals surface area contributed by atoms with Crippen LogP contribution in [0.1, 0.15) is 11.1 Å². The first-order chi connectivity index (χ1) is 9.67. The van der Waals surface area contributed by atoms with Crippen molar-refractivity contribution in [2.75, 3.05) is 25.6 Å². The minimum absolute atomic E-state index is 0.682. The maximum absolute atomic E-state index is 5.61. The summed E-state index contributed by atoms with van der Waals surface area (Å²) < 4.78 is 5.43. The van der Waals surface area contributed by atoms with Crippen LogP contribution in [0.2, 0.25) is 0 Å². The summed E-state index contributed by atoms with van der Waals surface area (Å²) in [6.45, 7) is 2.81. The number of rotatable bonds is 5. The van der Waals surface area contributed by atoms with Gasteiger partial charge in [0, 0.05) is 12.7 Å². The Hall–Kier alpha value is -2.00. The van der Waals surface area contributed by atoms with Gasteiger partial charge in [0.15, 0.2) is 0 Å². The van der Waals surface area contributed by atoms with Gasteiger partial charge >= 0.3 is 0 Å². The van der Waals surface area contributed by atoms with Crippen molar-refractivity contribution >= 4 is 11.4 Å². The summed E-state index contributed by atoms with van der Waals surface area (Å²) in [6, 6.07) is 14.5. The molecule has 0 fully saturated rings. The van der Waals surface area contributed by atoms with Gasteiger partial charge in [0.2, 0.25) is 0 Å². The predicted octanol–water partition coefficient (Wildman–Crippen LogP) is 3.27. The smallest absolute Gasteiger partial charge is 0.142 e. The highest BCUT2D eigenvalue weighted by Gasteiger charge is 2.11. The molecule has 2 N–H and O–H groups in total. The van der Waals surface area contributed by atoms with E-state index >= 15 is 0 Å².